The molecule has 0 nitrogen and oxygen atoms in total. The average molecular weight is 275 g/mol. The van der Waals surface area contributed by atoms with Crippen molar-refractivity contribution in [2.24, 2.45) is 5.92 Å². The maximum Gasteiger partial charge on any atom is 0.123 e. The van der Waals surface area contributed by atoms with E-state index >= 15 is 0 Å². The van der Waals surface area contributed by atoms with E-state index in [-0.39, 0.29) is 5.82 Å². The molecule has 0 amide bonds. The van der Waals surface area contributed by atoms with E-state index in [1.807, 2.05) is 17.8 Å². The minimum atomic E-state index is -0.126. The summed E-state index contributed by atoms with van der Waals surface area (Å²) < 4.78 is 12.9. The third kappa shape index (κ3) is 2.51. The lowest BCUT2D eigenvalue weighted by atomic mass is 9.99. The van der Waals surface area contributed by atoms with Gasteiger partial charge in [0.1, 0.15) is 5.82 Å². The molecule has 0 N–H and O–H groups in total. The molecule has 1 aromatic rings. The zero-order valence-corrected chi connectivity index (χ0v) is 10.2. The molecule has 1 fully saturated rings. The van der Waals surface area contributed by atoms with Crippen molar-refractivity contribution in [3.63, 3.8) is 0 Å². The van der Waals surface area contributed by atoms with Crippen LogP contribution in [0.1, 0.15) is 5.56 Å². The smallest absolute Gasteiger partial charge is 0.123 e. The van der Waals surface area contributed by atoms with Crippen LogP contribution in [0.25, 0.3) is 0 Å². The molecular weight excluding hydrogens is 263 g/mol. The van der Waals surface area contributed by atoms with Crippen LogP contribution in [0.2, 0.25) is 0 Å². The second-order valence-electron chi connectivity index (χ2n) is 3.65. The molecule has 2 atom stereocenters. The van der Waals surface area contributed by atoms with Crippen molar-refractivity contribution in [1.29, 1.82) is 0 Å². The van der Waals surface area contributed by atoms with E-state index in [4.69, 9.17) is 0 Å². The zero-order valence-electron chi connectivity index (χ0n) is 7.75. The van der Waals surface area contributed by atoms with Gasteiger partial charge in [0.05, 0.1) is 0 Å². The Hall–Kier alpha value is -0.0200. The van der Waals surface area contributed by atoms with E-state index in [2.05, 4.69) is 15.9 Å². The summed E-state index contributed by atoms with van der Waals surface area (Å²) in [6.45, 7) is 0. The molecule has 1 heterocycles. The van der Waals surface area contributed by atoms with Crippen LogP contribution in [0.5, 0.6) is 0 Å². The molecular formula is C11H12BrFS. The number of halogens is 2. The van der Waals surface area contributed by atoms with Gasteiger partial charge in [0, 0.05) is 10.6 Å². The van der Waals surface area contributed by atoms with Gasteiger partial charge < -0.3 is 0 Å². The molecule has 1 aliphatic rings. The van der Waals surface area contributed by atoms with Gasteiger partial charge in [-0.25, -0.2) is 4.39 Å². The van der Waals surface area contributed by atoms with Gasteiger partial charge in [0.25, 0.3) is 0 Å². The summed E-state index contributed by atoms with van der Waals surface area (Å²) in [4.78, 5) is 0.593. The molecule has 1 aliphatic heterocycles. The van der Waals surface area contributed by atoms with E-state index in [1.54, 1.807) is 12.1 Å². The van der Waals surface area contributed by atoms with Crippen LogP contribution in [0.4, 0.5) is 4.39 Å². The lowest BCUT2D eigenvalue weighted by Gasteiger charge is -2.12. The minimum absolute atomic E-state index is 0.126. The average Bonchev–Trinajstić information content (AvgIpc) is 2.52. The first-order valence-electron chi connectivity index (χ1n) is 4.72. The second kappa shape index (κ2) is 4.67. The summed E-state index contributed by atoms with van der Waals surface area (Å²) in [5, 5.41) is 0. The van der Waals surface area contributed by atoms with Crippen LogP contribution in [-0.4, -0.2) is 16.3 Å². The van der Waals surface area contributed by atoms with Gasteiger partial charge in [-0.05, 0) is 35.8 Å². The predicted octanol–water partition coefficient (Wildman–Crippen LogP) is 3.49. The predicted molar refractivity (Wildman–Crippen MR) is 63.6 cm³/mol. The molecule has 0 aromatic heterocycles. The normalized spacial score (nSPS) is 26.7. The first kappa shape index (κ1) is 10.5. The third-order valence-corrected chi connectivity index (χ3v) is 5.27. The van der Waals surface area contributed by atoms with Gasteiger partial charge in [0.2, 0.25) is 0 Å². The van der Waals surface area contributed by atoms with Crippen molar-refractivity contribution in [1.82, 2.24) is 0 Å². The van der Waals surface area contributed by atoms with Gasteiger partial charge in [-0.2, -0.15) is 11.8 Å². The van der Waals surface area contributed by atoms with E-state index < -0.39 is 0 Å². The molecule has 1 saturated heterocycles. The Labute approximate surface area is 96.4 Å². The highest BCUT2D eigenvalue weighted by Gasteiger charge is 2.25. The first-order chi connectivity index (χ1) is 6.75. The topological polar surface area (TPSA) is 0 Å². The highest BCUT2D eigenvalue weighted by Crippen LogP contribution is 2.32. The zero-order chi connectivity index (χ0) is 9.97. The number of benzene rings is 1. The molecule has 2 unspecified atom stereocenters. The number of hydrogen-bond acceptors (Lipinski definition) is 1. The third-order valence-electron chi connectivity index (χ3n) is 2.51. The van der Waals surface area contributed by atoms with Crippen LogP contribution in [0, 0.1) is 11.7 Å². The van der Waals surface area contributed by atoms with E-state index in [1.165, 1.54) is 17.6 Å². The fraction of sp³-hybridized carbons (Fsp3) is 0.455. The lowest BCUT2D eigenvalue weighted by molar-refractivity contribution is 0.600. The summed E-state index contributed by atoms with van der Waals surface area (Å²) in [5.41, 5.74) is 1.11. The lowest BCUT2D eigenvalue weighted by Crippen LogP contribution is -2.14. The van der Waals surface area contributed by atoms with E-state index in [0.29, 0.717) is 10.7 Å². The summed E-state index contributed by atoms with van der Waals surface area (Å²) in [6.07, 6.45) is 0.987. The Morgan fingerprint density at radius 1 is 1.43 bits per heavy atom. The van der Waals surface area contributed by atoms with E-state index in [0.717, 1.165) is 12.0 Å². The largest absolute Gasteiger partial charge is 0.207 e. The quantitative estimate of drug-likeness (QED) is 0.744. The summed E-state index contributed by atoms with van der Waals surface area (Å²) in [6, 6.07) is 6.93. The molecule has 0 saturated carbocycles. The summed E-state index contributed by atoms with van der Waals surface area (Å²) in [5.74, 6) is 2.90. The molecule has 1 aromatic carbocycles. The van der Waals surface area contributed by atoms with Gasteiger partial charge in [0.15, 0.2) is 0 Å². The fourth-order valence-electron chi connectivity index (χ4n) is 1.73. The Morgan fingerprint density at radius 3 is 2.93 bits per heavy atom. The SMILES string of the molecule is Fc1cccc(CC2CSCC2Br)c1. The minimum Gasteiger partial charge on any atom is -0.207 e. The van der Waals surface area contributed by atoms with Gasteiger partial charge >= 0.3 is 0 Å². The number of hydrogen-bond donors (Lipinski definition) is 0. The second-order valence-corrected chi connectivity index (χ2v) is 5.90. The van der Waals surface area contributed by atoms with Gasteiger partial charge in [-0.15, -0.1) is 0 Å². The van der Waals surface area contributed by atoms with Crippen LogP contribution in [0.15, 0.2) is 24.3 Å². The molecule has 0 bridgehead atoms. The monoisotopic (exact) mass is 274 g/mol. The Kier molecular flexibility index (Phi) is 3.50. The fourth-order valence-corrected chi connectivity index (χ4v) is 4.19. The molecule has 76 valence electrons. The van der Waals surface area contributed by atoms with Crippen LogP contribution < -0.4 is 0 Å². The van der Waals surface area contributed by atoms with Gasteiger partial charge in [-0.3, -0.25) is 0 Å². The first-order valence-corrected chi connectivity index (χ1v) is 6.79. The van der Waals surface area contributed by atoms with Crippen molar-refractivity contribution in [2.45, 2.75) is 11.2 Å². The van der Waals surface area contributed by atoms with Crippen molar-refractivity contribution >= 4 is 27.7 Å². The van der Waals surface area contributed by atoms with Crippen molar-refractivity contribution < 1.29 is 4.39 Å². The van der Waals surface area contributed by atoms with Crippen LogP contribution in [-0.2, 0) is 6.42 Å². The van der Waals surface area contributed by atoms with Gasteiger partial charge in [-0.1, -0.05) is 28.1 Å². The van der Waals surface area contributed by atoms with Crippen molar-refractivity contribution in [3.05, 3.63) is 35.6 Å². The molecule has 0 aliphatic carbocycles. The molecule has 3 heteroatoms. The van der Waals surface area contributed by atoms with Crippen molar-refractivity contribution in [3.8, 4) is 0 Å². The highest BCUT2D eigenvalue weighted by molar-refractivity contribution is 9.09. The number of thioether (sulfide) groups is 1. The maximum absolute atomic E-state index is 12.9. The standard InChI is InChI=1S/C11H12BrFS/c12-11-7-14-6-9(11)4-8-2-1-3-10(13)5-8/h1-3,5,9,11H,4,6-7H2. The van der Waals surface area contributed by atoms with Crippen LogP contribution in [0.3, 0.4) is 0 Å². The molecule has 2 rings (SSSR count). The van der Waals surface area contributed by atoms with Crippen LogP contribution >= 0.6 is 27.7 Å². The van der Waals surface area contributed by atoms with Crippen molar-refractivity contribution in [2.75, 3.05) is 11.5 Å². The maximum atomic E-state index is 12.9. The Bertz CT molecular complexity index is 316. The molecule has 0 spiro atoms. The summed E-state index contributed by atoms with van der Waals surface area (Å²) >= 11 is 5.64. The highest BCUT2D eigenvalue weighted by atomic mass is 79.9. The molecule has 0 radical (unpaired) electrons. The summed E-state index contributed by atoms with van der Waals surface area (Å²) in [7, 11) is 0. The Balaban J connectivity index is 2.03. The molecule has 14 heavy (non-hydrogen) atoms. The Morgan fingerprint density at radius 2 is 2.29 bits per heavy atom. The van der Waals surface area contributed by atoms with E-state index in [9.17, 15) is 4.39 Å². The number of alkyl halides is 1. The number of rotatable bonds is 2.